The molecule has 0 radical (unpaired) electrons. The second kappa shape index (κ2) is 4.64. The van der Waals surface area contributed by atoms with E-state index in [0.717, 1.165) is 6.42 Å². The minimum atomic E-state index is -0.481. The number of nitrogens with two attached hydrogens (primary N) is 1. The maximum Gasteiger partial charge on any atom is 0.311 e. The van der Waals surface area contributed by atoms with E-state index >= 15 is 0 Å². The smallest absolute Gasteiger partial charge is 0.311 e. The number of amides is 2. The highest BCUT2D eigenvalue weighted by Crippen LogP contribution is 2.36. The molecular weight excluding hydrogens is 218 g/mol. The van der Waals surface area contributed by atoms with Crippen molar-refractivity contribution in [2.45, 2.75) is 26.3 Å². The van der Waals surface area contributed by atoms with Gasteiger partial charge in [-0.3, -0.25) is 9.59 Å². The van der Waals surface area contributed by atoms with Crippen LogP contribution in [0.25, 0.3) is 0 Å². The van der Waals surface area contributed by atoms with Gasteiger partial charge in [-0.1, -0.05) is 13.8 Å². The summed E-state index contributed by atoms with van der Waals surface area (Å²) in [6.07, 6.45) is 1.15. The molecular formula is C12H21N3O2. The molecule has 1 saturated heterocycles. The Labute approximate surface area is 102 Å². The lowest BCUT2D eigenvalue weighted by atomic mass is 10.1. The first-order valence-electron chi connectivity index (χ1n) is 6.31. The summed E-state index contributed by atoms with van der Waals surface area (Å²) in [5.74, 6) is 0.607. The number of carbonyl (C=O) groups is 2. The number of carbonyl (C=O) groups excluding carboxylic acids is 2. The highest BCUT2D eigenvalue weighted by Gasteiger charge is 2.35. The molecule has 4 unspecified atom stereocenters. The fourth-order valence-corrected chi connectivity index (χ4v) is 2.28. The summed E-state index contributed by atoms with van der Waals surface area (Å²) in [5, 5.41) is 2.71. The molecule has 0 spiro atoms. The van der Waals surface area contributed by atoms with E-state index in [-0.39, 0.29) is 12.0 Å². The van der Waals surface area contributed by atoms with Crippen molar-refractivity contribution in [1.82, 2.24) is 10.2 Å². The Bertz CT molecular complexity index is 322. The first-order chi connectivity index (χ1) is 7.99. The Morgan fingerprint density at radius 2 is 1.94 bits per heavy atom. The standard InChI is InChI=1S/C12H21N3O2/c1-7-3-9(7)4-14-11(16)12(17)15-5-8(2)10(13)6-15/h7-10H,3-6,13H2,1-2H3,(H,14,16). The number of likely N-dealkylation sites (tertiary alicyclic amines) is 1. The largest absolute Gasteiger partial charge is 0.348 e. The molecule has 3 N–H and O–H groups in total. The molecule has 1 heterocycles. The van der Waals surface area contributed by atoms with E-state index in [4.69, 9.17) is 5.73 Å². The molecule has 96 valence electrons. The predicted octanol–water partition coefficient (Wildman–Crippen LogP) is -0.436. The Kier molecular flexibility index (Phi) is 3.38. The molecule has 2 fully saturated rings. The number of hydrogen-bond donors (Lipinski definition) is 2. The summed E-state index contributed by atoms with van der Waals surface area (Å²) in [6.45, 7) is 5.86. The lowest BCUT2D eigenvalue weighted by Gasteiger charge is -2.15. The fourth-order valence-electron chi connectivity index (χ4n) is 2.28. The maximum atomic E-state index is 11.8. The van der Waals surface area contributed by atoms with Crippen LogP contribution in [0.2, 0.25) is 0 Å². The molecule has 0 aromatic heterocycles. The van der Waals surface area contributed by atoms with E-state index in [0.29, 0.717) is 31.5 Å². The minimum Gasteiger partial charge on any atom is -0.348 e. The van der Waals surface area contributed by atoms with Gasteiger partial charge in [0.05, 0.1) is 0 Å². The molecule has 5 heteroatoms. The van der Waals surface area contributed by atoms with Crippen molar-refractivity contribution < 1.29 is 9.59 Å². The van der Waals surface area contributed by atoms with Gasteiger partial charge in [-0.2, -0.15) is 0 Å². The average molecular weight is 239 g/mol. The third-order valence-corrected chi connectivity index (χ3v) is 3.95. The van der Waals surface area contributed by atoms with E-state index < -0.39 is 11.8 Å². The normalized spacial score (nSPS) is 35.8. The van der Waals surface area contributed by atoms with Gasteiger partial charge < -0.3 is 16.0 Å². The van der Waals surface area contributed by atoms with Crippen molar-refractivity contribution >= 4 is 11.8 Å². The third kappa shape index (κ3) is 2.77. The van der Waals surface area contributed by atoms with Crippen molar-refractivity contribution in [3.05, 3.63) is 0 Å². The van der Waals surface area contributed by atoms with Crippen LogP contribution in [0, 0.1) is 17.8 Å². The van der Waals surface area contributed by atoms with E-state index in [1.807, 2.05) is 6.92 Å². The van der Waals surface area contributed by atoms with E-state index in [2.05, 4.69) is 12.2 Å². The molecule has 2 amide bonds. The molecule has 2 aliphatic rings. The van der Waals surface area contributed by atoms with Crippen molar-refractivity contribution in [1.29, 1.82) is 0 Å². The van der Waals surface area contributed by atoms with Crippen LogP contribution < -0.4 is 11.1 Å². The predicted molar refractivity (Wildman–Crippen MR) is 64.0 cm³/mol. The second-order valence-corrected chi connectivity index (χ2v) is 5.53. The Hall–Kier alpha value is -1.10. The molecule has 0 bridgehead atoms. The van der Waals surface area contributed by atoms with Crippen molar-refractivity contribution in [2.75, 3.05) is 19.6 Å². The Balaban J connectivity index is 1.77. The van der Waals surface area contributed by atoms with Crippen LogP contribution in [0.4, 0.5) is 0 Å². The molecule has 1 saturated carbocycles. The summed E-state index contributed by atoms with van der Waals surface area (Å²) in [6, 6.07) is -0.00444. The topological polar surface area (TPSA) is 75.4 Å². The first kappa shape index (κ1) is 12.4. The summed E-state index contributed by atoms with van der Waals surface area (Å²) >= 11 is 0. The van der Waals surface area contributed by atoms with Gasteiger partial charge in [-0.25, -0.2) is 0 Å². The van der Waals surface area contributed by atoms with Crippen LogP contribution in [0.15, 0.2) is 0 Å². The van der Waals surface area contributed by atoms with Crippen LogP contribution in [0.3, 0.4) is 0 Å². The van der Waals surface area contributed by atoms with E-state index in [9.17, 15) is 9.59 Å². The fraction of sp³-hybridized carbons (Fsp3) is 0.833. The molecule has 0 aromatic carbocycles. The summed E-state index contributed by atoms with van der Waals surface area (Å²) < 4.78 is 0. The highest BCUT2D eigenvalue weighted by molar-refractivity contribution is 6.35. The van der Waals surface area contributed by atoms with Gasteiger partial charge >= 0.3 is 11.8 Å². The SMILES string of the molecule is CC1CN(C(=O)C(=O)NCC2CC2C)CC1N. The Morgan fingerprint density at radius 1 is 1.29 bits per heavy atom. The summed E-state index contributed by atoms with van der Waals surface area (Å²) in [7, 11) is 0. The molecule has 2 rings (SSSR count). The lowest BCUT2D eigenvalue weighted by molar-refractivity contribution is -0.145. The van der Waals surface area contributed by atoms with E-state index in [1.165, 1.54) is 0 Å². The number of rotatable bonds is 2. The molecule has 4 atom stereocenters. The minimum absolute atomic E-state index is 0.00444. The van der Waals surface area contributed by atoms with Crippen molar-refractivity contribution in [3.8, 4) is 0 Å². The number of nitrogens with zero attached hydrogens (tertiary/aromatic N) is 1. The first-order valence-corrected chi connectivity index (χ1v) is 6.31. The van der Waals surface area contributed by atoms with Crippen LogP contribution in [0.1, 0.15) is 20.3 Å². The van der Waals surface area contributed by atoms with Gasteiger partial charge in [0.2, 0.25) is 0 Å². The average Bonchev–Trinajstić information content (AvgIpc) is 2.89. The zero-order chi connectivity index (χ0) is 12.6. The molecule has 1 aliphatic heterocycles. The molecule has 5 nitrogen and oxygen atoms in total. The van der Waals surface area contributed by atoms with Gasteiger partial charge in [0.25, 0.3) is 0 Å². The van der Waals surface area contributed by atoms with Crippen molar-refractivity contribution in [3.63, 3.8) is 0 Å². The van der Waals surface area contributed by atoms with Gasteiger partial charge in [0, 0.05) is 25.7 Å². The zero-order valence-corrected chi connectivity index (χ0v) is 10.5. The van der Waals surface area contributed by atoms with Crippen LogP contribution in [-0.2, 0) is 9.59 Å². The van der Waals surface area contributed by atoms with Gasteiger partial charge in [-0.05, 0) is 24.2 Å². The molecule has 17 heavy (non-hydrogen) atoms. The Morgan fingerprint density at radius 3 is 2.41 bits per heavy atom. The lowest BCUT2D eigenvalue weighted by Crippen LogP contribution is -2.43. The maximum absolute atomic E-state index is 11.8. The highest BCUT2D eigenvalue weighted by atomic mass is 16.2. The third-order valence-electron chi connectivity index (χ3n) is 3.95. The van der Waals surface area contributed by atoms with Crippen LogP contribution in [-0.4, -0.2) is 42.4 Å². The zero-order valence-electron chi connectivity index (χ0n) is 10.5. The van der Waals surface area contributed by atoms with Crippen LogP contribution in [0.5, 0.6) is 0 Å². The van der Waals surface area contributed by atoms with Gasteiger partial charge in [0.15, 0.2) is 0 Å². The molecule has 1 aliphatic carbocycles. The second-order valence-electron chi connectivity index (χ2n) is 5.53. The number of nitrogens with one attached hydrogen (secondary N) is 1. The van der Waals surface area contributed by atoms with Gasteiger partial charge in [-0.15, -0.1) is 0 Å². The molecule has 0 aromatic rings. The van der Waals surface area contributed by atoms with Crippen molar-refractivity contribution in [2.24, 2.45) is 23.5 Å². The van der Waals surface area contributed by atoms with Crippen LogP contribution >= 0.6 is 0 Å². The number of hydrogen-bond acceptors (Lipinski definition) is 3. The monoisotopic (exact) mass is 239 g/mol. The summed E-state index contributed by atoms with van der Waals surface area (Å²) in [5.41, 5.74) is 5.83. The quantitative estimate of drug-likeness (QED) is 0.642. The summed E-state index contributed by atoms with van der Waals surface area (Å²) in [4.78, 5) is 25.0. The van der Waals surface area contributed by atoms with E-state index in [1.54, 1.807) is 4.90 Å². The van der Waals surface area contributed by atoms with Gasteiger partial charge in [0.1, 0.15) is 0 Å².